The monoisotopic (exact) mass is 252 g/mol. The molecule has 0 saturated heterocycles. The molecule has 0 radical (unpaired) electrons. The van der Waals surface area contributed by atoms with Crippen molar-refractivity contribution in [1.82, 2.24) is 0 Å². The van der Waals surface area contributed by atoms with Gasteiger partial charge in [-0.05, 0) is 42.8 Å². The van der Waals surface area contributed by atoms with Crippen LogP contribution in [0, 0.1) is 6.92 Å². The molecule has 1 heterocycles. The Balaban J connectivity index is 2.04. The van der Waals surface area contributed by atoms with Crippen LogP contribution in [0.15, 0.2) is 30.3 Å². The van der Waals surface area contributed by atoms with Crippen molar-refractivity contribution >= 4 is 34.3 Å². The van der Waals surface area contributed by atoms with Gasteiger partial charge in [-0.3, -0.25) is 0 Å². The molecule has 4 heteroatoms. The molecule has 3 N–H and O–H groups in total. The fourth-order valence-electron chi connectivity index (χ4n) is 1.55. The van der Waals surface area contributed by atoms with E-state index in [1.807, 2.05) is 31.2 Å². The van der Waals surface area contributed by atoms with E-state index in [2.05, 4.69) is 11.4 Å². The van der Waals surface area contributed by atoms with Gasteiger partial charge in [-0.1, -0.05) is 11.6 Å². The number of hydrogen-bond acceptors (Lipinski definition) is 3. The van der Waals surface area contributed by atoms with E-state index in [4.69, 9.17) is 17.3 Å². The Morgan fingerprint density at radius 1 is 1.31 bits per heavy atom. The van der Waals surface area contributed by atoms with Crippen LogP contribution in [-0.4, -0.2) is 0 Å². The van der Waals surface area contributed by atoms with Gasteiger partial charge in [0, 0.05) is 22.8 Å². The molecule has 2 aromatic rings. The van der Waals surface area contributed by atoms with Crippen LogP contribution in [0.25, 0.3) is 0 Å². The van der Waals surface area contributed by atoms with Gasteiger partial charge in [-0.2, -0.15) is 0 Å². The molecule has 0 fully saturated rings. The normalized spacial score (nSPS) is 10.4. The van der Waals surface area contributed by atoms with Gasteiger partial charge in [-0.15, -0.1) is 11.3 Å². The van der Waals surface area contributed by atoms with Crippen LogP contribution in [0.4, 0.5) is 11.4 Å². The molecule has 2 rings (SSSR count). The third-order valence-electron chi connectivity index (χ3n) is 2.20. The Kier molecular flexibility index (Phi) is 3.36. The van der Waals surface area contributed by atoms with Crippen molar-refractivity contribution in [1.29, 1.82) is 0 Å². The number of aryl methyl sites for hydroxylation is 1. The third kappa shape index (κ3) is 2.90. The van der Waals surface area contributed by atoms with E-state index in [-0.39, 0.29) is 0 Å². The zero-order valence-corrected chi connectivity index (χ0v) is 10.5. The molecule has 0 amide bonds. The van der Waals surface area contributed by atoms with Gasteiger partial charge in [0.25, 0.3) is 0 Å². The summed E-state index contributed by atoms with van der Waals surface area (Å²) in [5.74, 6) is 0. The van der Waals surface area contributed by atoms with Gasteiger partial charge in [0.1, 0.15) is 0 Å². The van der Waals surface area contributed by atoms with Crippen molar-refractivity contribution in [3.8, 4) is 0 Å². The number of anilines is 2. The van der Waals surface area contributed by atoms with Gasteiger partial charge in [0.15, 0.2) is 0 Å². The largest absolute Gasteiger partial charge is 0.399 e. The van der Waals surface area contributed by atoms with E-state index in [0.717, 1.165) is 27.8 Å². The summed E-state index contributed by atoms with van der Waals surface area (Å²) in [6, 6.07) is 9.90. The topological polar surface area (TPSA) is 38.0 Å². The second kappa shape index (κ2) is 4.76. The van der Waals surface area contributed by atoms with Gasteiger partial charge in [-0.25, -0.2) is 0 Å². The lowest BCUT2D eigenvalue weighted by atomic mass is 10.2. The summed E-state index contributed by atoms with van der Waals surface area (Å²) in [4.78, 5) is 1.21. The molecule has 0 bridgehead atoms. The molecule has 0 aliphatic rings. The van der Waals surface area contributed by atoms with Crippen LogP contribution in [0.3, 0.4) is 0 Å². The fraction of sp³-hybridized carbons (Fsp3) is 0.167. The van der Waals surface area contributed by atoms with Gasteiger partial charge in [0.05, 0.1) is 4.34 Å². The maximum absolute atomic E-state index is 5.86. The zero-order valence-electron chi connectivity index (χ0n) is 8.96. The first-order chi connectivity index (χ1) is 7.63. The number of nitrogens with one attached hydrogen (secondary N) is 1. The van der Waals surface area contributed by atoms with Crippen molar-refractivity contribution in [3.05, 3.63) is 45.1 Å². The molecule has 2 nitrogen and oxygen atoms in total. The summed E-state index contributed by atoms with van der Waals surface area (Å²) >= 11 is 7.45. The number of nitrogen functional groups attached to an aromatic ring is 1. The zero-order chi connectivity index (χ0) is 11.5. The first-order valence-corrected chi connectivity index (χ1v) is 6.18. The number of hydrogen-bond donors (Lipinski definition) is 2. The van der Waals surface area contributed by atoms with Crippen LogP contribution >= 0.6 is 22.9 Å². The molecule has 1 aromatic heterocycles. The standard InChI is InChI=1S/C12H13ClN2S/c1-8-4-9(14)6-10(5-8)15-7-11-2-3-12(13)16-11/h2-6,15H,7,14H2,1H3. The Bertz CT molecular complexity index is 473. The first kappa shape index (κ1) is 11.3. The first-order valence-electron chi connectivity index (χ1n) is 4.99. The molecule has 0 atom stereocenters. The van der Waals surface area contributed by atoms with E-state index in [1.54, 1.807) is 11.3 Å². The smallest absolute Gasteiger partial charge is 0.0931 e. The Morgan fingerprint density at radius 3 is 2.75 bits per heavy atom. The van der Waals surface area contributed by atoms with E-state index in [9.17, 15) is 0 Å². The Labute approximate surface area is 104 Å². The number of rotatable bonds is 3. The maximum atomic E-state index is 5.86. The molecule has 1 aromatic carbocycles. The van der Waals surface area contributed by atoms with E-state index in [0.29, 0.717) is 0 Å². The molecular weight excluding hydrogens is 240 g/mol. The molecule has 0 spiro atoms. The van der Waals surface area contributed by atoms with Crippen LogP contribution in [0.5, 0.6) is 0 Å². The summed E-state index contributed by atoms with van der Waals surface area (Å²) in [6.45, 7) is 2.81. The van der Waals surface area contributed by atoms with Crippen molar-refractivity contribution in [2.24, 2.45) is 0 Å². The maximum Gasteiger partial charge on any atom is 0.0931 e. The van der Waals surface area contributed by atoms with Crippen LogP contribution in [-0.2, 0) is 6.54 Å². The molecule has 84 valence electrons. The average molecular weight is 253 g/mol. The number of benzene rings is 1. The number of nitrogens with two attached hydrogens (primary N) is 1. The molecular formula is C12H13ClN2S. The lowest BCUT2D eigenvalue weighted by Crippen LogP contribution is -1.98. The van der Waals surface area contributed by atoms with E-state index in [1.165, 1.54) is 4.88 Å². The summed E-state index contributed by atoms with van der Waals surface area (Å²) in [5.41, 5.74) is 8.76. The van der Waals surface area contributed by atoms with Crippen molar-refractivity contribution in [2.45, 2.75) is 13.5 Å². The highest BCUT2D eigenvalue weighted by Crippen LogP contribution is 2.23. The van der Waals surface area contributed by atoms with Crippen molar-refractivity contribution in [3.63, 3.8) is 0 Å². The SMILES string of the molecule is Cc1cc(N)cc(NCc2ccc(Cl)s2)c1. The molecule has 0 aliphatic heterocycles. The highest BCUT2D eigenvalue weighted by molar-refractivity contribution is 7.16. The summed E-state index contributed by atoms with van der Waals surface area (Å²) in [5, 5.41) is 3.33. The number of thiophene rings is 1. The minimum Gasteiger partial charge on any atom is -0.399 e. The van der Waals surface area contributed by atoms with Crippen LogP contribution in [0.2, 0.25) is 4.34 Å². The average Bonchev–Trinajstić information content (AvgIpc) is 2.60. The predicted molar refractivity (Wildman–Crippen MR) is 72.2 cm³/mol. The molecule has 0 aliphatic carbocycles. The highest BCUT2D eigenvalue weighted by atomic mass is 35.5. The Morgan fingerprint density at radius 2 is 2.12 bits per heavy atom. The van der Waals surface area contributed by atoms with Gasteiger partial charge < -0.3 is 11.1 Å². The highest BCUT2D eigenvalue weighted by Gasteiger charge is 1.99. The van der Waals surface area contributed by atoms with E-state index >= 15 is 0 Å². The molecule has 0 unspecified atom stereocenters. The summed E-state index contributed by atoms with van der Waals surface area (Å²) < 4.78 is 0.820. The second-order valence-corrected chi connectivity index (χ2v) is 5.49. The lowest BCUT2D eigenvalue weighted by Gasteiger charge is -2.07. The molecule has 0 saturated carbocycles. The summed E-state index contributed by atoms with van der Waals surface area (Å²) in [7, 11) is 0. The third-order valence-corrected chi connectivity index (χ3v) is 3.43. The van der Waals surface area contributed by atoms with Gasteiger partial charge in [0.2, 0.25) is 0 Å². The Hall–Kier alpha value is -1.19. The van der Waals surface area contributed by atoms with Gasteiger partial charge >= 0.3 is 0 Å². The van der Waals surface area contributed by atoms with Crippen LogP contribution < -0.4 is 11.1 Å². The lowest BCUT2D eigenvalue weighted by molar-refractivity contribution is 1.19. The quantitative estimate of drug-likeness (QED) is 0.813. The van der Waals surface area contributed by atoms with Crippen molar-refractivity contribution < 1.29 is 0 Å². The summed E-state index contributed by atoms with van der Waals surface area (Å²) in [6.07, 6.45) is 0. The fourth-order valence-corrected chi connectivity index (χ4v) is 2.58. The van der Waals surface area contributed by atoms with Crippen LogP contribution in [0.1, 0.15) is 10.4 Å². The predicted octanol–water partition coefficient (Wildman–Crippen LogP) is 3.90. The second-order valence-electron chi connectivity index (χ2n) is 3.69. The minimum absolute atomic E-state index is 0.778. The molecule has 16 heavy (non-hydrogen) atoms. The minimum atomic E-state index is 0.778. The van der Waals surface area contributed by atoms with Crippen molar-refractivity contribution in [2.75, 3.05) is 11.1 Å². The number of halogens is 1. The van der Waals surface area contributed by atoms with E-state index < -0.39 is 0 Å².